The summed E-state index contributed by atoms with van der Waals surface area (Å²) in [5, 5.41) is 2.42. The van der Waals surface area contributed by atoms with Crippen LogP contribution in [0.4, 0.5) is 15.8 Å². The van der Waals surface area contributed by atoms with Crippen molar-refractivity contribution in [3.8, 4) is 11.5 Å². The summed E-state index contributed by atoms with van der Waals surface area (Å²) < 4.78 is 54.2. The molecule has 3 rings (SSSR count). The molecule has 0 aliphatic carbocycles. The van der Waals surface area contributed by atoms with E-state index in [1.165, 1.54) is 50.6 Å². The van der Waals surface area contributed by atoms with Crippen LogP contribution in [0.1, 0.15) is 0 Å². The molecular formula is C22H19BrFIN2O5S. The van der Waals surface area contributed by atoms with Crippen LogP contribution in [-0.4, -0.2) is 35.1 Å². The molecule has 11 heteroatoms. The monoisotopic (exact) mass is 648 g/mol. The maximum atomic E-state index is 14.2. The first kappa shape index (κ1) is 25.2. The Morgan fingerprint density at radius 1 is 1.06 bits per heavy atom. The van der Waals surface area contributed by atoms with Gasteiger partial charge in [0.1, 0.15) is 23.9 Å². The Morgan fingerprint density at radius 3 is 2.36 bits per heavy atom. The van der Waals surface area contributed by atoms with Crippen molar-refractivity contribution in [3.63, 3.8) is 0 Å². The molecule has 0 aromatic heterocycles. The second-order valence-corrected chi connectivity index (χ2v) is 10.7. The number of halogens is 3. The number of ether oxygens (including phenoxy) is 2. The van der Waals surface area contributed by atoms with Crippen LogP contribution in [0.2, 0.25) is 0 Å². The summed E-state index contributed by atoms with van der Waals surface area (Å²) in [4.78, 5) is 12.8. The molecule has 0 aliphatic heterocycles. The van der Waals surface area contributed by atoms with E-state index in [-0.39, 0.29) is 22.0 Å². The molecule has 0 saturated heterocycles. The Labute approximate surface area is 213 Å². The SMILES string of the molecule is COc1ccc(OC)c(N(CC(=O)Nc2ccc(Br)cc2F)S(=O)(=O)c2ccc(I)cc2)c1. The average molecular weight is 649 g/mol. The molecule has 3 aromatic rings. The van der Waals surface area contributed by atoms with Crippen molar-refractivity contribution >= 4 is 65.8 Å². The van der Waals surface area contributed by atoms with Gasteiger partial charge in [0.25, 0.3) is 10.0 Å². The average Bonchev–Trinajstić information content (AvgIpc) is 2.79. The zero-order chi connectivity index (χ0) is 24.2. The van der Waals surface area contributed by atoms with E-state index in [0.29, 0.717) is 10.2 Å². The highest BCUT2D eigenvalue weighted by molar-refractivity contribution is 14.1. The summed E-state index contributed by atoms with van der Waals surface area (Å²) in [5.41, 5.74) is 0.0225. The molecule has 3 aromatic carbocycles. The largest absolute Gasteiger partial charge is 0.497 e. The Balaban J connectivity index is 2.05. The van der Waals surface area contributed by atoms with Crippen LogP contribution in [0.25, 0.3) is 0 Å². The van der Waals surface area contributed by atoms with Gasteiger partial charge in [0, 0.05) is 14.1 Å². The molecule has 0 fully saturated rings. The number of nitrogens with zero attached hydrogens (tertiary/aromatic N) is 1. The van der Waals surface area contributed by atoms with Gasteiger partial charge in [-0.15, -0.1) is 0 Å². The van der Waals surface area contributed by atoms with Crippen LogP contribution >= 0.6 is 38.5 Å². The number of sulfonamides is 1. The van der Waals surface area contributed by atoms with Gasteiger partial charge in [-0.05, 0) is 77.2 Å². The molecule has 0 bridgehead atoms. The number of benzene rings is 3. The van der Waals surface area contributed by atoms with Crippen molar-refractivity contribution in [3.05, 3.63) is 74.5 Å². The van der Waals surface area contributed by atoms with Gasteiger partial charge in [0.05, 0.1) is 30.5 Å². The topological polar surface area (TPSA) is 84.9 Å². The van der Waals surface area contributed by atoms with E-state index < -0.39 is 28.3 Å². The summed E-state index contributed by atoms with van der Waals surface area (Å²) in [5.74, 6) is -0.820. The Bertz CT molecular complexity index is 1270. The van der Waals surface area contributed by atoms with Crippen molar-refractivity contribution in [2.45, 2.75) is 4.90 Å². The third kappa shape index (κ3) is 5.95. The maximum absolute atomic E-state index is 14.2. The number of methoxy groups -OCH3 is 2. The predicted octanol–water partition coefficient (Wildman–Crippen LogP) is 5.04. The quantitative estimate of drug-likeness (QED) is 0.346. The molecule has 0 atom stereocenters. The van der Waals surface area contributed by atoms with E-state index in [0.717, 1.165) is 7.88 Å². The summed E-state index contributed by atoms with van der Waals surface area (Å²) >= 11 is 5.22. The lowest BCUT2D eigenvalue weighted by atomic mass is 10.2. The first-order valence-corrected chi connectivity index (χ1v) is 12.7. The lowest BCUT2D eigenvalue weighted by Gasteiger charge is -2.26. The van der Waals surface area contributed by atoms with Gasteiger partial charge in [-0.25, -0.2) is 12.8 Å². The van der Waals surface area contributed by atoms with E-state index in [4.69, 9.17) is 9.47 Å². The lowest BCUT2D eigenvalue weighted by Crippen LogP contribution is -2.38. The number of nitrogens with one attached hydrogen (secondary N) is 1. The molecule has 0 radical (unpaired) electrons. The third-order valence-corrected chi connectivity index (χ3v) is 7.54. The number of anilines is 2. The van der Waals surface area contributed by atoms with Gasteiger partial charge >= 0.3 is 0 Å². The number of hydrogen-bond donors (Lipinski definition) is 1. The van der Waals surface area contributed by atoms with Crippen LogP contribution in [0.15, 0.2) is 70.0 Å². The van der Waals surface area contributed by atoms with Gasteiger partial charge in [-0.1, -0.05) is 15.9 Å². The van der Waals surface area contributed by atoms with Crippen molar-refractivity contribution in [1.82, 2.24) is 0 Å². The normalized spacial score (nSPS) is 11.1. The number of rotatable bonds is 8. The minimum absolute atomic E-state index is 0.0181. The van der Waals surface area contributed by atoms with Gasteiger partial charge in [-0.3, -0.25) is 9.10 Å². The fraction of sp³-hybridized carbons (Fsp3) is 0.136. The van der Waals surface area contributed by atoms with E-state index >= 15 is 0 Å². The van der Waals surface area contributed by atoms with E-state index in [9.17, 15) is 17.6 Å². The molecule has 1 N–H and O–H groups in total. The number of hydrogen-bond acceptors (Lipinski definition) is 5. The summed E-state index contributed by atoms with van der Waals surface area (Å²) in [6.45, 7) is -0.632. The molecule has 7 nitrogen and oxygen atoms in total. The fourth-order valence-corrected chi connectivity index (χ4v) is 5.05. The number of amides is 1. The van der Waals surface area contributed by atoms with Crippen molar-refractivity contribution in [1.29, 1.82) is 0 Å². The predicted molar refractivity (Wildman–Crippen MR) is 136 cm³/mol. The Hall–Kier alpha value is -2.38. The summed E-state index contributed by atoms with van der Waals surface area (Å²) in [6, 6.07) is 14.9. The summed E-state index contributed by atoms with van der Waals surface area (Å²) in [6.07, 6.45) is 0. The maximum Gasteiger partial charge on any atom is 0.264 e. The molecule has 0 aliphatic rings. The lowest BCUT2D eigenvalue weighted by molar-refractivity contribution is -0.114. The molecular weight excluding hydrogens is 630 g/mol. The molecule has 0 unspecified atom stereocenters. The molecule has 33 heavy (non-hydrogen) atoms. The van der Waals surface area contributed by atoms with Crippen LogP contribution in [0.3, 0.4) is 0 Å². The molecule has 174 valence electrons. The van der Waals surface area contributed by atoms with Crippen LogP contribution in [-0.2, 0) is 14.8 Å². The number of carbonyl (C=O) groups excluding carboxylic acids is 1. The van der Waals surface area contributed by atoms with Crippen LogP contribution < -0.4 is 19.1 Å². The summed E-state index contributed by atoms with van der Waals surface area (Å²) in [7, 11) is -1.38. The van der Waals surface area contributed by atoms with E-state index in [1.807, 2.05) is 0 Å². The van der Waals surface area contributed by atoms with Crippen molar-refractivity contribution in [2.75, 3.05) is 30.4 Å². The Morgan fingerprint density at radius 2 is 1.76 bits per heavy atom. The van der Waals surface area contributed by atoms with Crippen molar-refractivity contribution < 1.29 is 27.1 Å². The first-order chi connectivity index (χ1) is 15.6. The first-order valence-electron chi connectivity index (χ1n) is 9.41. The van der Waals surface area contributed by atoms with Gasteiger partial charge in [-0.2, -0.15) is 0 Å². The minimum atomic E-state index is -4.20. The molecule has 1 amide bonds. The second-order valence-electron chi connectivity index (χ2n) is 6.68. The standard InChI is InChI=1S/C22H19BrFIN2O5S/c1-31-16-6-10-21(32-2)20(12-16)27(33(29,30)17-7-4-15(25)5-8-17)13-22(28)26-19-9-3-14(23)11-18(19)24/h3-12H,13H2,1-2H3,(H,26,28). The smallest absolute Gasteiger partial charge is 0.264 e. The number of carbonyl (C=O) groups is 1. The minimum Gasteiger partial charge on any atom is -0.497 e. The highest BCUT2D eigenvalue weighted by Crippen LogP contribution is 2.36. The highest BCUT2D eigenvalue weighted by Gasteiger charge is 2.30. The van der Waals surface area contributed by atoms with Crippen molar-refractivity contribution in [2.24, 2.45) is 0 Å². The zero-order valence-corrected chi connectivity index (χ0v) is 22.1. The zero-order valence-electron chi connectivity index (χ0n) is 17.5. The third-order valence-electron chi connectivity index (χ3n) is 4.55. The van der Waals surface area contributed by atoms with Gasteiger partial charge in [0.2, 0.25) is 5.91 Å². The van der Waals surface area contributed by atoms with Crippen LogP contribution in [0, 0.1) is 9.39 Å². The molecule has 0 heterocycles. The van der Waals surface area contributed by atoms with E-state index in [2.05, 4.69) is 43.8 Å². The van der Waals surface area contributed by atoms with E-state index in [1.54, 1.807) is 24.3 Å². The fourth-order valence-electron chi connectivity index (χ4n) is 2.94. The van der Waals surface area contributed by atoms with Crippen LogP contribution in [0.5, 0.6) is 11.5 Å². The Kier molecular flexibility index (Phi) is 8.19. The molecule has 0 saturated carbocycles. The van der Waals surface area contributed by atoms with Gasteiger partial charge < -0.3 is 14.8 Å². The van der Waals surface area contributed by atoms with Gasteiger partial charge in [0.15, 0.2) is 0 Å². The second kappa shape index (κ2) is 10.7. The highest BCUT2D eigenvalue weighted by atomic mass is 127. The molecule has 0 spiro atoms.